The molecule has 3 rings (SSSR count). The Morgan fingerprint density at radius 1 is 1.19 bits per heavy atom. The Kier molecular flexibility index (Phi) is 4.82. The van der Waals surface area contributed by atoms with Gasteiger partial charge < -0.3 is 30.9 Å². The fourth-order valence-electron chi connectivity index (χ4n) is 1.61. The average molecular weight is 321 g/mol. The van der Waals surface area contributed by atoms with E-state index >= 15 is 0 Å². The van der Waals surface area contributed by atoms with Gasteiger partial charge >= 0.3 is 0 Å². The smallest absolute Gasteiger partial charge is 0.223 e. The number of nitrogens with zero attached hydrogens (tertiary/aromatic N) is 4. The highest BCUT2D eigenvalue weighted by molar-refractivity contribution is 6.33. The summed E-state index contributed by atoms with van der Waals surface area (Å²) in [5, 5.41) is 44.9. The molecule has 2 aromatic heterocycles. The van der Waals surface area contributed by atoms with Crippen molar-refractivity contribution in [3.63, 3.8) is 0 Å². The summed E-state index contributed by atoms with van der Waals surface area (Å²) in [7, 11) is 0. The van der Waals surface area contributed by atoms with E-state index in [1.54, 1.807) is 0 Å². The van der Waals surface area contributed by atoms with Gasteiger partial charge in [0.2, 0.25) is 11.6 Å². The number of H-pyrrole nitrogens is 1. The molecule has 1 saturated heterocycles. The Balaban J connectivity index is 0.000000155. The van der Waals surface area contributed by atoms with E-state index < -0.39 is 31.2 Å². The van der Waals surface area contributed by atoms with Crippen LogP contribution in [-0.2, 0) is 4.74 Å². The van der Waals surface area contributed by atoms with Crippen molar-refractivity contribution in [2.24, 2.45) is 0 Å². The molecule has 1 unspecified atom stereocenters. The van der Waals surface area contributed by atoms with Crippen LogP contribution < -0.4 is 5.73 Å². The van der Waals surface area contributed by atoms with Crippen LogP contribution in [0.4, 0.5) is 5.95 Å². The van der Waals surface area contributed by atoms with Gasteiger partial charge in [-0.25, -0.2) is 0 Å². The maximum absolute atomic E-state index is 8.93. The summed E-state index contributed by atoms with van der Waals surface area (Å²) < 4.78 is 4.54. The minimum absolute atomic E-state index is 0.0939. The van der Waals surface area contributed by atoms with E-state index in [0.717, 1.165) is 0 Å². The van der Waals surface area contributed by atoms with Gasteiger partial charge in [-0.3, -0.25) is 0 Å². The maximum atomic E-state index is 8.93. The van der Waals surface area contributed by atoms with E-state index in [4.69, 9.17) is 37.8 Å². The second-order valence-electron chi connectivity index (χ2n) is 4.10. The van der Waals surface area contributed by atoms with Crippen molar-refractivity contribution in [3.8, 4) is 0 Å². The van der Waals surface area contributed by atoms with Crippen molar-refractivity contribution in [2.75, 3.05) is 12.3 Å². The number of ether oxygens (including phenoxy) is 1. The number of nitrogens with one attached hydrogen (secondary N) is 1. The molecule has 1 aliphatic rings. The Bertz CT molecular complexity index is 611. The van der Waals surface area contributed by atoms with E-state index in [2.05, 4.69) is 30.1 Å². The standard InChI is InChI=1S/C5H10O5.C4H3ClN6/c6-1-2-3(7)4(8)5(9)10-2;5-2-1-3(10-11-9-1)8-4(6)7-2/h2-9H,1H2;(H3,6,7,8,9,10,11)/t2-,3-,4-,5?;/m1./s1. The molecule has 4 atom stereocenters. The molecule has 1 fully saturated rings. The largest absolute Gasteiger partial charge is 0.394 e. The Morgan fingerprint density at radius 2 is 1.90 bits per heavy atom. The number of nitrogens with two attached hydrogens (primary N) is 1. The second-order valence-corrected chi connectivity index (χ2v) is 4.46. The molecular formula is C9H13ClN6O5. The molecule has 3 heterocycles. The number of aliphatic hydroxyl groups is 4. The molecule has 21 heavy (non-hydrogen) atoms. The zero-order valence-electron chi connectivity index (χ0n) is 10.5. The molecule has 0 radical (unpaired) electrons. The zero-order chi connectivity index (χ0) is 15.6. The van der Waals surface area contributed by atoms with Crippen molar-refractivity contribution in [2.45, 2.75) is 24.6 Å². The fourth-order valence-corrected chi connectivity index (χ4v) is 1.82. The summed E-state index contributed by atoms with van der Waals surface area (Å²) in [4.78, 5) is 7.46. The van der Waals surface area contributed by atoms with Crippen molar-refractivity contribution in [1.82, 2.24) is 25.4 Å². The minimum atomic E-state index is -1.38. The van der Waals surface area contributed by atoms with Crippen LogP contribution in [0.15, 0.2) is 0 Å². The third-order valence-electron chi connectivity index (χ3n) is 2.68. The predicted octanol–water partition coefficient (Wildman–Crippen LogP) is -2.60. The highest BCUT2D eigenvalue weighted by Crippen LogP contribution is 2.18. The van der Waals surface area contributed by atoms with Gasteiger partial charge in [0.1, 0.15) is 18.3 Å². The molecule has 116 valence electrons. The number of fused-ring (bicyclic) bond motifs is 1. The van der Waals surface area contributed by atoms with E-state index in [0.29, 0.717) is 11.2 Å². The Labute approximate surface area is 122 Å². The molecule has 2 aromatic rings. The van der Waals surface area contributed by atoms with Gasteiger partial charge in [0, 0.05) is 0 Å². The minimum Gasteiger partial charge on any atom is -0.394 e. The fraction of sp³-hybridized carbons (Fsp3) is 0.556. The van der Waals surface area contributed by atoms with Crippen LogP contribution in [0.25, 0.3) is 11.2 Å². The van der Waals surface area contributed by atoms with E-state index in [-0.39, 0.29) is 11.1 Å². The van der Waals surface area contributed by atoms with Crippen LogP contribution >= 0.6 is 11.6 Å². The van der Waals surface area contributed by atoms with Crippen LogP contribution in [0.5, 0.6) is 0 Å². The van der Waals surface area contributed by atoms with Gasteiger partial charge in [-0.05, 0) is 0 Å². The van der Waals surface area contributed by atoms with Crippen LogP contribution in [0.2, 0.25) is 5.15 Å². The summed E-state index contributed by atoms with van der Waals surface area (Å²) in [6.45, 7) is -0.407. The molecule has 0 bridgehead atoms. The third kappa shape index (κ3) is 3.34. The number of aliphatic hydroxyl groups excluding tert-OH is 4. The molecule has 12 heteroatoms. The average Bonchev–Trinajstić information content (AvgIpc) is 3.00. The lowest BCUT2D eigenvalue weighted by molar-refractivity contribution is -0.132. The molecule has 0 aromatic carbocycles. The van der Waals surface area contributed by atoms with Crippen LogP contribution in [0, 0.1) is 0 Å². The number of aromatic amines is 1. The van der Waals surface area contributed by atoms with Crippen molar-refractivity contribution >= 4 is 28.7 Å². The van der Waals surface area contributed by atoms with Crippen LogP contribution in [0.3, 0.4) is 0 Å². The number of nitrogen functional groups attached to an aromatic ring is 1. The van der Waals surface area contributed by atoms with Crippen molar-refractivity contribution in [1.29, 1.82) is 0 Å². The van der Waals surface area contributed by atoms with E-state index in [9.17, 15) is 0 Å². The van der Waals surface area contributed by atoms with Gasteiger partial charge in [0.15, 0.2) is 17.0 Å². The lowest BCUT2D eigenvalue weighted by Gasteiger charge is -2.09. The summed E-state index contributed by atoms with van der Waals surface area (Å²) in [5.41, 5.74) is 6.10. The highest BCUT2D eigenvalue weighted by Gasteiger charge is 2.41. The van der Waals surface area contributed by atoms with Gasteiger partial charge in [-0.15, -0.1) is 5.10 Å². The summed E-state index contributed by atoms with van der Waals surface area (Å²) >= 11 is 5.65. The molecule has 1 aliphatic heterocycles. The maximum Gasteiger partial charge on any atom is 0.223 e. The quantitative estimate of drug-likeness (QED) is 0.304. The highest BCUT2D eigenvalue weighted by atomic mass is 35.5. The Morgan fingerprint density at radius 3 is 2.43 bits per heavy atom. The normalized spacial score (nSPS) is 28.4. The first kappa shape index (κ1) is 15.8. The first-order valence-corrected chi connectivity index (χ1v) is 6.11. The van der Waals surface area contributed by atoms with E-state index in [1.165, 1.54) is 0 Å². The lowest BCUT2D eigenvalue weighted by atomic mass is 10.1. The molecule has 0 amide bonds. The number of hydrogen-bond donors (Lipinski definition) is 6. The molecule has 0 aliphatic carbocycles. The summed E-state index contributed by atoms with van der Waals surface area (Å²) in [5.74, 6) is 0.0939. The summed E-state index contributed by atoms with van der Waals surface area (Å²) in [6, 6.07) is 0. The predicted molar refractivity (Wildman–Crippen MR) is 68.9 cm³/mol. The van der Waals surface area contributed by atoms with Gasteiger partial charge in [-0.1, -0.05) is 11.6 Å². The number of rotatable bonds is 1. The molecule has 0 saturated carbocycles. The monoisotopic (exact) mass is 320 g/mol. The third-order valence-corrected chi connectivity index (χ3v) is 2.94. The number of hydrogen-bond acceptors (Lipinski definition) is 10. The summed E-state index contributed by atoms with van der Waals surface area (Å²) in [6.07, 6.45) is -4.76. The van der Waals surface area contributed by atoms with Crippen LogP contribution in [0.1, 0.15) is 0 Å². The van der Waals surface area contributed by atoms with Crippen molar-refractivity contribution < 1.29 is 25.2 Å². The topological polar surface area (TPSA) is 184 Å². The Hall–Kier alpha value is -1.63. The zero-order valence-corrected chi connectivity index (χ0v) is 11.2. The molecule has 0 spiro atoms. The first-order chi connectivity index (χ1) is 9.93. The molecule has 7 N–H and O–H groups in total. The first-order valence-electron chi connectivity index (χ1n) is 5.74. The molecule has 11 nitrogen and oxygen atoms in total. The number of anilines is 1. The number of halogens is 1. The second kappa shape index (κ2) is 6.43. The van der Waals surface area contributed by atoms with Crippen molar-refractivity contribution in [3.05, 3.63) is 5.15 Å². The van der Waals surface area contributed by atoms with Gasteiger partial charge in [0.05, 0.1) is 6.61 Å². The van der Waals surface area contributed by atoms with Gasteiger partial charge in [0.25, 0.3) is 0 Å². The molecular weight excluding hydrogens is 308 g/mol. The van der Waals surface area contributed by atoms with Crippen LogP contribution in [-0.4, -0.2) is 77.0 Å². The van der Waals surface area contributed by atoms with Gasteiger partial charge in [-0.2, -0.15) is 20.3 Å². The lowest BCUT2D eigenvalue weighted by Crippen LogP contribution is -2.33. The van der Waals surface area contributed by atoms with E-state index in [1.807, 2.05) is 0 Å². The SMILES string of the molecule is Nc1nc(Cl)c2n[nH]nc2n1.OC[C@H]1OC(O)[C@H](O)[C@@H]1O. The number of aromatic nitrogens is 5.